The van der Waals surface area contributed by atoms with Gasteiger partial charge in [-0.3, -0.25) is 4.79 Å². The number of nitriles is 1. The number of hydrogen-bond acceptors (Lipinski definition) is 8. The Bertz CT molecular complexity index is 1230. The predicted octanol–water partition coefficient (Wildman–Crippen LogP) is 4.68. The summed E-state index contributed by atoms with van der Waals surface area (Å²) in [6.07, 6.45) is 1.57. The van der Waals surface area contributed by atoms with Gasteiger partial charge in [0.15, 0.2) is 0 Å². The van der Waals surface area contributed by atoms with E-state index >= 15 is 0 Å². The van der Waals surface area contributed by atoms with E-state index < -0.39 is 5.92 Å². The smallest absolute Gasteiger partial charge is 0.229 e. The lowest BCUT2D eigenvalue weighted by molar-refractivity contribution is -0.122. The summed E-state index contributed by atoms with van der Waals surface area (Å²) < 4.78 is 6.15. The molecule has 1 unspecified atom stereocenters. The Hall–Kier alpha value is -3.35. The van der Waals surface area contributed by atoms with Crippen molar-refractivity contribution in [3.63, 3.8) is 0 Å². The number of carbonyl (C=O) groups excluding carboxylic acids is 1. The molecule has 1 aliphatic heterocycles. The van der Waals surface area contributed by atoms with Crippen LogP contribution in [0.2, 0.25) is 0 Å². The molecule has 8 nitrogen and oxygen atoms in total. The number of thiazole rings is 1. The average molecular weight is 491 g/mol. The molecule has 1 aliphatic rings. The second kappa shape index (κ2) is 10.1. The third-order valence-corrected chi connectivity index (χ3v) is 6.94. The number of ether oxygens (including phenoxy) is 1. The normalized spacial score (nSPS) is 19.6. The highest BCUT2D eigenvalue weighted by molar-refractivity contribution is 7.10. The van der Waals surface area contributed by atoms with Gasteiger partial charge in [0, 0.05) is 29.6 Å². The molecule has 0 aliphatic carbocycles. The van der Waals surface area contributed by atoms with Gasteiger partial charge in [0.25, 0.3) is 0 Å². The van der Waals surface area contributed by atoms with Gasteiger partial charge < -0.3 is 15.4 Å². The highest BCUT2D eigenvalue weighted by Gasteiger charge is 2.41. The molecule has 3 aromatic rings. The zero-order valence-corrected chi connectivity index (χ0v) is 21.4. The van der Waals surface area contributed by atoms with Gasteiger partial charge in [-0.2, -0.15) is 5.26 Å². The summed E-state index contributed by atoms with van der Waals surface area (Å²) in [4.78, 5) is 26.5. The van der Waals surface area contributed by atoms with Gasteiger partial charge in [0.1, 0.15) is 5.01 Å². The number of benzene rings is 1. The molecule has 35 heavy (non-hydrogen) atoms. The fourth-order valence-corrected chi connectivity index (χ4v) is 5.12. The van der Waals surface area contributed by atoms with Gasteiger partial charge >= 0.3 is 0 Å². The van der Waals surface area contributed by atoms with E-state index in [1.807, 2.05) is 52.1 Å². The molecule has 9 heteroatoms. The second-order valence-corrected chi connectivity index (χ2v) is 10.6. The number of nitrogens with zero attached hydrogens (tertiary/aromatic N) is 4. The summed E-state index contributed by atoms with van der Waals surface area (Å²) in [5, 5.41) is 18.2. The van der Waals surface area contributed by atoms with Gasteiger partial charge in [-0.25, -0.2) is 15.0 Å². The molecular weight excluding hydrogens is 460 g/mol. The highest BCUT2D eigenvalue weighted by Crippen LogP contribution is 2.34. The number of rotatable bonds is 7. The lowest BCUT2D eigenvalue weighted by Crippen LogP contribution is -2.34. The van der Waals surface area contributed by atoms with Crippen molar-refractivity contribution >= 4 is 23.2 Å². The average Bonchev–Trinajstić information content (AvgIpc) is 3.45. The van der Waals surface area contributed by atoms with Crippen LogP contribution in [0.3, 0.4) is 0 Å². The SMILES string of the molecule is C[C@H](Nc1nccc([C@@H]2C(=O)NCC2[C@@H](C)OC(C)(C)C)n1)c1nc(-c2ccc(C#N)cc2)cs1. The molecule has 4 rings (SSSR count). The predicted molar refractivity (Wildman–Crippen MR) is 136 cm³/mol. The topological polar surface area (TPSA) is 113 Å². The third-order valence-electron chi connectivity index (χ3n) is 5.91. The molecule has 2 N–H and O–H groups in total. The van der Waals surface area contributed by atoms with E-state index in [4.69, 9.17) is 20.0 Å². The number of hydrogen-bond donors (Lipinski definition) is 2. The monoisotopic (exact) mass is 490 g/mol. The van der Waals surface area contributed by atoms with Gasteiger partial charge in [-0.15, -0.1) is 11.3 Å². The van der Waals surface area contributed by atoms with Crippen molar-refractivity contribution in [2.45, 2.75) is 58.3 Å². The van der Waals surface area contributed by atoms with Crippen LogP contribution in [0, 0.1) is 17.2 Å². The van der Waals surface area contributed by atoms with Gasteiger partial charge in [0.05, 0.1) is 46.7 Å². The number of nitrogens with one attached hydrogen (secondary N) is 2. The van der Waals surface area contributed by atoms with Gasteiger partial charge in [-0.1, -0.05) is 12.1 Å². The van der Waals surface area contributed by atoms with Crippen molar-refractivity contribution in [3.05, 3.63) is 58.2 Å². The first-order valence-corrected chi connectivity index (χ1v) is 12.5. The Labute approximate surface area is 209 Å². The minimum absolute atomic E-state index is 0.0177. The lowest BCUT2D eigenvalue weighted by atomic mass is 9.88. The maximum absolute atomic E-state index is 12.7. The highest BCUT2D eigenvalue weighted by atomic mass is 32.1. The largest absolute Gasteiger partial charge is 0.373 e. The quantitative estimate of drug-likeness (QED) is 0.494. The van der Waals surface area contributed by atoms with Crippen LogP contribution in [0.15, 0.2) is 41.9 Å². The van der Waals surface area contributed by atoms with Crippen molar-refractivity contribution < 1.29 is 9.53 Å². The van der Waals surface area contributed by atoms with Crippen molar-refractivity contribution in [3.8, 4) is 17.3 Å². The Kier molecular flexibility index (Phi) is 7.15. The molecule has 2 aromatic heterocycles. The molecule has 0 bridgehead atoms. The number of carbonyl (C=O) groups is 1. The summed E-state index contributed by atoms with van der Waals surface area (Å²) in [6, 6.07) is 11.2. The molecule has 1 fully saturated rings. The van der Waals surface area contributed by atoms with Crippen LogP contribution in [0.4, 0.5) is 5.95 Å². The molecule has 1 saturated heterocycles. The fraction of sp³-hybridized carbons (Fsp3) is 0.423. The van der Waals surface area contributed by atoms with E-state index in [1.165, 1.54) is 0 Å². The standard InChI is InChI=1S/C26H30N6O2S/c1-15(24-31-21(14-35-24)18-8-6-17(12-27)7-9-18)30-25-28-11-10-20(32-25)22-19(13-29-23(22)33)16(2)34-26(3,4)5/h6-11,14-16,19,22H,13H2,1-5H3,(H,29,33)(H,28,30,32)/t15-,16+,19?,22+/m0/s1. The molecule has 1 aromatic carbocycles. The fourth-order valence-electron chi connectivity index (χ4n) is 4.28. The summed E-state index contributed by atoms with van der Waals surface area (Å²) in [6.45, 7) is 10.6. The Balaban J connectivity index is 1.48. The van der Waals surface area contributed by atoms with Crippen LogP contribution < -0.4 is 10.6 Å². The molecule has 4 atom stereocenters. The zero-order valence-electron chi connectivity index (χ0n) is 20.6. The first kappa shape index (κ1) is 24.8. The second-order valence-electron chi connectivity index (χ2n) is 9.75. The van der Waals surface area contributed by atoms with Crippen molar-refractivity contribution in [1.82, 2.24) is 20.3 Å². The Morgan fingerprint density at radius 3 is 2.63 bits per heavy atom. The zero-order chi connectivity index (χ0) is 25.2. The van der Waals surface area contributed by atoms with Crippen molar-refractivity contribution in [1.29, 1.82) is 5.26 Å². The molecule has 3 heterocycles. The molecule has 0 spiro atoms. The van der Waals surface area contributed by atoms with Crippen LogP contribution >= 0.6 is 11.3 Å². The van der Waals surface area contributed by atoms with E-state index in [-0.39, 0.29) is 29.6 Å². The first-order valence-electron chi connectivity index (χ1n) is 11.7. The minimum atomic E-state index is -0.394. The Morgan fingerprint density at radius 2 is 1.94 bits per heavy atom. The summed E-state index contributed by atoms with van der Waals surface area (Å²) in [7, 11) is 0. The summed E-state index contributed by atoms with van der Waals surface area (Å²) >= 11 is 1.55. The van der Waals surface area contributed by atoms with Crippen LogP contribution in [0.1, 0.15) is 62.8 Å². The van der Waals surface area contributed by atoms with Crippen molar-refractivity contribution in [2.24, 2.45) is 5.92 Å². The van der Waals surface area contributed by atoms with E-state index in [9.17, 15) is 4.79 Å². The number of anilines is 1. The maximum Gasteiger partial charge on any atom is 0.229 e. The Morgan fingerprint density at radius 1 is 1.20 bits per heavy atom. The molecule has 182 valence electrons. The van der Waals surface area contributed by atoms with Gasteiger partial charge in [0.2, 0.25) is 11.9 Å². The number of aromatic nitrogens is 3. The summed E-state index contributed by atoms with van der Waals surface area (Å²) in [5.74, 6) is 0.00176. The molecule has 0 saturated carbocycles. The minimum Gasteiger partial charge on any atom is -0.373 e. The molecule has 1 amide bonds. The van der Waals surface area contributed by atoms with E-state index in [1.54, 1.807) is 35.7 Å². The van der Waals surface area contributed by atoms with Crippen LogP contribution in [0.25, 0.3) is 11.3 Å². The molecule has 0 radical (unpaired) electrons. The van der Waals surface area contributed by atoms with E-state index in [0.29, 0.717) is 23.8 Å². The maximum atomic E-state index is 12.7. The van der Waals surface area contributed by atoms with E-state index in [2.05, 4.69) is 21.7 Å². The first-order chi connectivity index (χ1) is 16.6. The van der Waals surface area contributed by atoms with Crippen molar-refractivity contribution in [2.75, 3.05) is 11.9 Å². The summed E-state index contributed by atoms with van der Waals surface area (Å²) in [5.41, 5.74) is 2.82. The number of amides is 1. The van der Waals surface area contributed by atoms with Gasteiger partial charge in [-0.05, 0) is 52.8 Å². The third kappa shape index (κ3) is 5.84. The van der Waals surface area contributed by atoms with Crippen LogP contribution in [0.5, 0.6) is 0 Å². The van der Waals surface area contributed by atoms with Crippen LogP contribution in [-0.4, -0.2) is 39.1 Å². The van der Waals surface area contributed by atoms with E-state index in [0.717, 1.165) is 16.3 Å². The molecular formula is C26H30N6O2S. The van der Waals surface area contributed by atoms with Crippen LogP contribution in [-0.2, 0) is 9.53 Å². The lowest BCUT2D eigenvalue weighted by Gasteiger charge is -2.30.